The van der Waals surface area contributed by atoms with Gasteiger partial charge in [-0.15, -0.1) is 0 Å². The molecule has 4 nitrogen and oxygen atoms in total. The van der Waals surface area contributed by atoms with Crippen molar-refractivity contribution < 1.29 is 4.79 Å². The second-order valence-electron chi connectivity index (χ2n) is 4.27. The minimum atomic E-state index is 0.0815. The van der Waals surface area contributed by atoms with E-state index in [9.17, 15) is 4.79 Å². The van der Waals surface area contributed by atoms with Crippen LogP contribution in [0.5, 0.6) is 0 Å². The van der Waals surface area contributed by atoms with Gasteiger partial charge >= 0.3 is 0 Å². The summed E-state index contributed by atoms with van der Waals surface area (Å²) < 4.78 is 2.77. The monoisotopic (exact) mass is 287 g/mol. The van der Waals surface area contributed by atoms with Crippen molar-refractivity contribution in [3.63, 3.8) is 0 Å². The van der Waals surface area contributed by atoms with Crippen LogP contribution in [0.25, 0.3) is 0 Å². The van der Waals surface area contributed by atoms with E-state index in [4.69, 9.17) is 0 Å². The molecule has 0 spiro atoms. The third-order valence-electron chi connectivity index (χ3n) is 2.16. The fourth-order valence-corrected chi connectivity index (χ4v) is 1.55. The summed E-state index contributed by atoms with van der Waals surface area (Å²) in [5.74, 6) is 0.572. The summed E-state index contributed by atoms with van der Waals surface area (Å²) >= 11 is 3.39. The maximum atomic E-state index is 11.4. The average Bonchev–Trinajstić information content (AvgIpc) is 2.52. The van der Waals surface area contributed by atoms with Gasteiger partial charge in [0.25, 0.3) is 0 Å². The van der Waals surface area contributed by atoms with Gasteiger partial charge < -0.3 is 5.32 Å². The van der Waals surface area contributed by atoms with Crippen molar-refractivity contribution in [1.29, 1.82) is 0 Å². The lowest BCUT2D eigenvalue weighted by Crippen LogP contribution is -2.28. The van der Waals surface area contributed by atoms with Crippen LogP contribution >= 0.6 is 15.9 Å². The Bertz CT molecular complexity index is 341. The first-order valence-corrected chi connectivity index (χ1v) is 6.24. The summed E-state index contributed by atoms with van der Waals surface area (Å²) in [4.78, 5) is 11.4. The highest BCUT2D eigenvalue weighted by molar-refractivity contribution is 9.10. The molecule has 0 aromatic carbocycles. The number of aromatic nitrogens is 2. The Labute approximate surface area is 105 Å². The molecule has 0 saturated heterocycles. The molecule has 1 aromatic rings. The van der Waals surface area contributed by atoms with E-state index in [2.05, 4.69) is 40.2 Å². The predicted molar refractivity (Wildman–Crippen MR) is 67.1 cm³/mol. The van der Waals surface area contributed by atoms with Crippen LogP contribution in [0.2, 0.25) is 0 Å². The minimum absolute atomic E-state index is 0.0815. The summed E-state index contributed by atoms with van der Waals surface area (Å²) in [6.45, 7) is 7.44. The van der Waals surface area contributed by atoms with Gasteiger partial charge in [0, 0.05) is 25.7 Å². The molecule has 0 atom stereocenters. The molecule has 1 amide bonds. The van der Waals surface area contributed by atoms with Crippen molar-refractivity contribution in [3.8, 4) is 0 Å². The molecule has 0 bridgehead atoms. The van der Waals surface area contributed by atoms with Gasteiger partial charge in [0.2, 0.25) is 5.91 Å². The molecule has 0 fully saturated rings. The van der Waals surface area contributed by atoms with Gasteiger partial charge in [0.15, 0.2) is 0 Å². The van der Waals surface area contributed by atoms with E-state index in [1.807, 2.05) is 13.1 Å². The molecule has 90 valence electrons. The number of hydrogen-bond donors (Lipinski definition) is 1. The average molecular weight is 288 g/mol. The summed E-state index contributed by atoms with van der Waals surface area (Å²) in [6.07, 6.45) is 2.37. The van der Waals surface area contributed by atoms with Crippen molar-refractivity contribution in [2.24, 2.45) is 5.92 Å². The molecule has 16 heavy (non-hydrogen) atoms. The second kappa shape index (κ2) is 6.03. The lowest BCUT2D eigenvalue weighted by Gasteiger charge is -2.07. The lowest BCUT2D eigenvalue weighted by atomic mass is 10.2. The minimum Gasteiger partial charge on any atom is -0.356 e. The first kappa shape index (κ1) is 13.2. The van der Waals surface area contributed by atoms with Gasteiger partial charge in [-0.3, -0.25) is 9.48 Å². The highest BCUT2D eigenvalue weighted by atomic mass is 79.9. The maximum Gasteiger partial charge on any atom is 0.221 e. The van der Waals surface area contributed by atoms with Crippen molar-refractivity contribution in [3.05, 3.63) is 16.4 Å². The number of amides is 1. The number of aryl methyl sites for hydroxylation is 2. The third kappa shape index (κ3) is 4.35. The van der Waals surface area contributed by atoms with Crippen LogP contribution in [0.3, 0.4) is 0 Å². The molecule has 1 heterocycles. The van der Waals surface area contributed by atoms with Crippen LogP contribution < -0.4 is 5.32 Å². The smallest absolute Gasteiger partial charge is 0.221 e. The van der Waals surface area contributed by atoms with Crippen molar-refractivity contribution in [2.75, 3.05) is 6.54 Å². The second-order valence-corrected chi connectivity index (χ2v) is 5.13. The van der Waals surface area contributed by atoms with Crippen LogP contribution in [0.4, 0.5) is 0 Å². The highest BCUT2D eigenvalue weighted by Crippen LogP contribution is 2.13. The quantitative estimate of drug-likeness (QED) is 0.902. The molecule has 0 aliphatic heterocycles. The Balaban J connectivity index is 2.31. The van der Waals surface area contributed by atoms with E-state index < -0.39 is 0 Å². The van der Waals surface area contributed by atoms with Crippen LogP contribution in [-0.2, 0) is 11.3 Å². The van der Waals surface area contributed by atoms with Gasteiger partial charge in [-0.1, -0.05) is 13.8 Å². The molecule has 0 aliphatic carbocycles. The fourth-order valence-electron chi connectivity index (χ4n) is 1.23. The summed E-state index contributed by atoms with van der Waals surface area (Å²) in [5, 5.41) is 7.15. The highest BCUT2D eigenvalue weighted by Gasteiger charge is 2.05. The van der Waals surface area contributed by atoms with E-state index in [1.165, 1.54) is 0 Å². The number of carbonyl (C=O) groups excluding carboxylic acids is 1. The van der Waals surface area contributed by atoms with Crippen LogP contribution in [0.15, 0.2) is 10.7 Å². The van der Waals surface area contributed by atoms with Crippen LogP contribution in [0, 0.1) is 12.8 Å². The summed E-state index contributed by atoms with van der Waals surface area (Å²) in [7, 11) is 0. The molecule has 0 radical (unpaired) electrons. The Morgan fingerprint density at radius 3 is 2.81 bits per heavy atom. The standard InChI is InChI=1S/C11H18BrN3O/c1-8(2)6-13-11(16)4-5-15-7-10(12)9(3)14-15/h7-8H,4-6H2,1-3H3,(H,13,16). The Kier molecular flexibility index (Phi) is 4.99. The Morgan fingerprint density at radius 1 is 1.62 bits per heavy atom. The molecule has 1 N–H and O–H groups in total. The van der Waals surface area contributed by atoms with Crippen molar-refractivity contribution in [2.45, 2.75) is 33.7 Å². The van der Waals surface area contributed by atoms with E-state index in [1.54, 1.807) is 4.68 Å². The molecular formula is C11H18BrN3O. The van der Waals surface area contributed by atoms with Gasteiger partial charge in [0.05, 0.1) is 10.2 Å². The molecular weight excluding hydrogens is 270 g/mol. The number of carbonyl (C=O) groups is 1. The Hall–Kier alpha value is -0.840. The van der Waals surface area contributed by atoms with Crippen LogP contribution in [-0.4, -0.2) is 22.2 Å². The van der Waals surface area contributed by atoms with E-state index in [-0.39, 0.29) is 5.91 Å². The number of nitrogens with zero attached hydrogens (tertiary/aromatic N) is 2. The normalized spacial score (nSPS) is 10.8. The van der Waals surface area contributed by atoms with E-state index in [0.29, 0.717) is 18.9 Å². The first-order valence-electron chi connectivity index (χ1n) is 5.45. The predicted octanol–water partition coefficient (Wildman–Crippen LogP) is 2.12. The molecule has 1 aromatic heterocycles. The molecule has 5 heteroatoms. The summed E-state index contributed by atoms with van der Waals surface area (Å²) in [5.41, 5.74) is 0.947. The van der Waals surface area contributed by atoms with Gasteiger partial charge in [-0.2, -0.15) is 5.10 Å². The largest absolute Gasteiger partial charge is 0.356 e. The number of hydrogen-bond acceptors (Lipinski definition) is 2. The topological polar surface area (TPSA) is 46.9 Å². The van der Waals surface area contributed by atoms with Crippen LogP contribution in [0.1, 0.15) is 26.0 Å². The molecule has 0 unspecified atom stereocenters. The number of halogens is 1. The molecule has 0 saturated carbocycles. The zero-order valence-electron chi connectivity index (χ0n) is 9.96. The molecule has 1 rings (SSSR count). The maximum absolute atomic E-state index is 11.4. The Morgan fingerprint density at radius 2 is 2.31 bits per heavy atom. The van der Waals surface area contributed by atoms with Gasteiger partial charge in [-0.05, 0) is 28.8 Å². The number of nitrogens with one attached hydrogen (secondary N) is 1. The SMILES string of the molecule is Cc1nn(CCC(=O)NCC(C)C)cc1Br. The lowest BCUT2D eigenvalue weighted by molar-refractivity contribution is -0.121. The zero-order chi connectivity index (χ0) is 12.1. The molecule has 0 aliphatic rings. The van der Waals surface area contributed by atoms with Crippen molar-refractivity contribution in [1.82, 2.24) is 15.1 Å². The third-order valence-corrected chi connectivity index (χ3v) is 2.94. The van der Waals surface area contributed by atoms with Gasteiger partial charge in [0.1, 0.15) is 0 Å². The zero-order valence-corrected chi connectivity index (χ0v) is 11.5. The van der Waals surface area contributed by atoms with E-state index in [0.717, 1.165) is 16.7 Å². The number of rotatable bonds is 5. The van der Waals surface area contributed by atoms with Gasteiger partial charge in [-0.25, -0.2) is 0 Å². The van der Waals surface area contributed by atoms with Crippen molar-refractivity contribution >= 4 is 21.8 Å². The fraction of sp³-hybridized carbons (Fsp3) is 0.636. The summed E-state index contributed by atoms with van der Waals surface area (Å²) in [6, 6.07) is 0. The first-order chi connectivity index (χ1) is 7.49. The van der Waals surface area contributed by atoms with E-state index >= 15 is 0 Å².